The molecule has 0 fully saturated rings. The molecule has 3 rings (SSSR count). The van der Waals surface area contributed by atoms with Crippen molar-refractivity contribution in [1.29, 1.82) is 0 Å². The number of imidazole rings is 1. The second kappa shape index (κ2) is 5.43. The number of hydrogen-bond acceptors (Lipinski definition) is 5. The summed E-state index contributed by atoms with van der Waals surface area (Å²) in [7, 11) is -1.97. The Morgan fingerprint density at radius 2 is 2.04 bits per heavy atom. The van der Waals surface area contributed by atoms with Gasteiger partial charge in [-0.1, -0.05) is 0 Å². The van der Waals surface area contributed by atoms with Gasteiger partial charge in [0, 0.05) is 17.7 Å². The topological polar surface area (TPSA) is 106 Å². The van der Waals surface area contributed by atoms with E-state index in [9.17, 15) is 13.2 Å². The van der Waals surface area contributed by atoms with Crippen LogP contribution in [0.5, 0.6) is 5.75 Å². The molecule has 0 aliphatic carbocycles. The van der Waals surface area contributed by atoms with E-state index in [1.54, 1.807) is 30.5 Å². The summed E-state index contributed by atoms with van der Waals surface area (Å²) < 4.78 is 32.2. The number of benzene rings is 1. The van der Waals surface area contributed by atoms with Gasteiger partial charge >= 0.3 is 0 Å². The van der Waals surface area contributed by atoms with E-state index in [1.807, 2.05) is 0 Å². The Hall–Kier alpha value is -2.81. The van der Waals surface area contributed by atoms with E-state index >= 15 is 0 Å². The Morgan fingerprint density at radius 3 is 2.74 bits per heavy atom. The lowest BCUT2D eigenvalue weighted by molar-refractivity contribution is 0.415. The molecule has 1 aromatic carbocycles. The second-order valence-electron chi connectivity index (χ2n) is 4.95. The zero-order valence-corrected chi connectivity index (χ0v) is 13.2. The van der Waals surface area contributed by atoms with Crippen molar-refractivity contribution in [3.8, 4) is 17.0 Å². The van der Waals surface area contributed by atoms with Gasteiger partial charge < -0.3 is 4.74 Å². The van der Waals surface area contributed by atoms with Crippen molar-refractivity contribution in [2.45, 2.75) is 0 Å². The van der Waals surface area contributed by atoms with Crippen LogP contribution in [0.2, 0.25) is 0 Å². The van der Waals surface area contributed by atoms with Crippen molar-refractivity contribution in [2.24, 2.45) is 0 Å². The van der Waals surface area contributed by atoms with Crippen molar-refractivity contribution in [2.75, 3.05) is 18.1 Å². The molecular formula is C14H14N4O4S. The first kappa shape index (κ1) is 15.1. The highest BCUT2D eigenvalue weighted by Gasteiger charge is 2.14. The van der Waals surface area contributed by atoms with Crippen LogP contribution in [0.3, 0.4) is 0 Å². The van der Waals surface area contributed by atoms with E-state index < -0.39 is 10.0 Å². The first-order chi connectivity index (χ1) is 10.9. The minimum Gasteiger partial charge on any atom is -0.497 e. The maximum Gasteiger partial charge on any atom is 0.262 e. The minimum atomic E-state index is -3.47. The molecule has 120 valence electrons. The largest absolute Gasteiger partial charge is 0.497 e. The van der Waals surface area contributed by atoms with Crippen molar-refractivity contribution < 1.29 is 13.2 Å². The summed E-state index contributed by atoms with van der Waals surface area (Å²) in [5.74, 6) is 0.511. The van der Waals surface area contributed by atoms with Gasteiger partial charge in [-0.25, -0.2) is 17.9 Å². The zero-order chi connectivity index (χ0) is 16.6. The standard InChI is InChI=1S/C14H14N4O4S/c1-22-9-3-4-10(11(7-9)17-23(2,20)21)12-8-18-13(15-12)5-6-14(19)16-18/h3-8,17H,1-2H3,(H,16,19). The predicted molar refractivity (Wildman–Crippen MR) is 86.3 cm³/mol. The summed E-state index contributed by atoms with van der Waals surface area (Å²) in [6, 6.07) is 7.93. The summed E-state index contributed by atoms with van der Waals surface area (Å²) >= 11 is 0. The van der Waals surface area contributed by atoms with Crippen molar-refractivity contribution >= 4 is 21.4 Å². The molecule has 2 heterocycles. The molecule has 0 bridgehead atoms. The van der Waals surface area contributed by atoms with Crippen LogP contribution in [0, 0.1) is 0 Å². The smallest absolute Gasteiger partial charge is 0.262 e. The molecule has 9 heteroatoms. The molecule has 0 saturated carbocycles. The number of H-pyrrole nitrogens is 1. The molecule has 0 saturated heterocycles. The van der Waals surface area contributed by atoms with Crippen LogP contribution in [0.1, 0.15) is 0 Å². The zero-order valence-electron chi connectivity index (χ0n) is 12.4. The lowest BCUT2D eigenvalue weighted by atomic mass is 10.1. The van der Waals surface area contributed by atoms with Crippen LogP contribution in [-0.2, 0) is 10.0 Å². The number of hydrogen-bond donors (Lipinski definition) is 2. The quantitative estimate of drug-likeness (QED) is 0.742. The fraction of sp³-hybridized carbons (Fsp3) is 0.143. The van der Waals surface area contributed by atoms with Gasteiger partial charge in [0.05, 0.1) is 30.9 Å². The summed E-state index contributed by atoms with van der Waals surface area (Å²) in [5, 5.41) is 2.61. The van der Waals surface area contributed by atoms with Gasteiger partial charge in [-0.2, -0.15) is 0 Å². The second-order valence-corrected chi connectivity index (χ2v) is 6.70. The molecule has 0 radical (unpaired) electrons. The van der Waals surface area contributed by atoms with Crippen molar-refractivity contribution in [3.05, 3.63) is 46.9 Å². The fourth-order valence-corrected chi connectivity index (χ4v) is 2.76. The highest BCUT2D eigenvalue weighted by molar-refractivity contribution is 7.92. The number of aromatic nitrogens is 3. The number of anilines is 1. The van der Waals surface area contributed by atoms with E-state index in [0.717, 1.165) is 6.26 Å². The molecule has 8 nitrogen and oxygen atoms in total. The van der Waals surface area contributed by atoms with Crippen LogP contribution < -0.4 is 15.0 Å². The van der Waals surface area contributed by atoms with Crippen LogP contribution in [-0.4, -0.2) is 36.4 Å². The van der Waals surface area contributed by atoms with Crippen LogP contribution in [0.25, 0.3) is 16.9 Å². The number of methoxy groups -OCH3 is 1. The third-order valence-corrected chi connectivity index (χ3v) is 3.74. The van der Waals surface area contributed by atoms with Crippen molar-refractivity contribution in [3.63, 3.8) is 0 Å². The van der Waals surface area contributed by atoms with Crippen LogP contribution in [0.15, 0.2) is 41.3 Å². The summed E-state index contributed by atoms with van der Waals surface area (Å²) in [6.45, 7) is 0. The molecule has 0 unspecified atom stereocenters. The molecule has 0 aliphatic heterocycles. The van der Waals surface area contributed by atoms with Crippen LogP contribution in [0.4, 0.5) is 5.69 Å². The SMILES string of the molecule is COc1ccc(-c2cn3[nH]c(=O)ccc3n2)c(NS(C)(=O)=O)c1. The van der Waals surface area contributed by atoms with Gasteiger partial charge in [0.15, 0.2) is 5.65 Å². The van der Waals surface area contributed by atoms with Gasteiger partial charge in [-0.3, -0.25) is 14.6 Å². The van der Waals surface area contributed by atoms with Gasteiger partial charge in [-0.05, 0) is 18.2 Å². The van der Waals surface area contributed by atoms with Crippen molar-refractivity contribution in [1.82, 2.24) is 14.6 Å². The highest BCUT2D eigenvalue weighted by Crippen LogP contribution is 2.31. The van der Waals surface area contributed by atoms with E-state index in [-0.39, 0.29) is 5.56 Å². The minimum absolute atomic E-state index is 0.259. The Balaban J connectivity index is 2.18. The number of rotatable bonds is 4. The molecular weight excluding hydrogens is 320 g/mol. The average molecular weight is 334 g/mol. The number of aromatic amines is 1. The first-order valence-corrected chi connectivity index (χ1v) is 8.49. The summed E-state index contributed by atoms with van der Waals surface area (Å²) in [6.07, 6.45) is 2.68. The van der Waals surface area contributed by atoms with Gasteiger partial charge in [0.25, 0.3) is 5.56 Å². The lowest BCUT2D eigenvalue weighted by Gasteiger charge is -2.10. The third-order valence-electron chi connectivity index (χ3n) is 3.15. The molecule has 0 amide bonds. The molecule has 0 aliphatic rings. The lowest BCUT2D eigenvalue weighted by Crippen LogP contribution is -2.10. The fourth-order valence-electron chi connectivity index (χ4n) is 2.20. The van der Waals surface area contributed by atoms with Gasteiger partial charge in [-0.15, -0.1) is 0 Å². The number of nitrogens with zero attached hydrogens (tertiary/aromatic N) is 2. The van der Waals surface area contributed by atoms with Gasteiger partial charge in [0.1, 0.15) is 5.75 Å². The molecule has 23 heavy (non-hydrogen) atoms. The first-order valence-electron chi connectivity index (χ1n) is 6.60. The predicted octanol–water partition coefficient (Wildman–Crippen LogP) is 1.07. The summed E-state index contributed by atoms with van der Waals surface area (Å²) in [4.78, 5) is 15.7. The molecule has 2 aromatic heterocycles. The Morgan fingerprint density at radius 1 is 1.26 bits per heavy atom. The Kier molecular flexibility index (Phi) is 3.57. The number of fused-ring (bicyclic) bond motifs is 1. The number of sulfonamides is 1. The molecule has 0 spiro atoms. The van der Waals surface area contributed by atoms with E-state index in [4.69, 9.17) is 4.74 Å². The van der Waals surface area contributed by atoms with E-state index in [1.165, 1.54) is 17.7 Å². The van der Waals surface area contributed by atoms with E-state index in [2.05, 4.69) is 14.8 Å². The molecule has 2 N–H and O–H groups in total. The Labute approximate surface area is 131 Å². The highest BCUT2D eigenvalue weighted by atomic mass is 32.2. The molecule has 0 atom stereocenters. The van der Waals surface area contributed by atoms with E-state index in [0.29, 0.717) is 28.3 Å². The normalized spacial score (nSPS) is 11.6. The monoisotopic (exact) mass is 334 g/mol. The summed E-state index contributed by atoms with van der Waals surface area (Å²) in [5.41, 5.74) is 1.71. The maximum atomic E-state index is 11.6. The number of nitrogens with one attached hydrogen (secondary N) is 2. The maximum absolute atomic E-state index is 11.6. The third kappa shape index (κ3) is 3.19. The molecule has 3 aromatic rings. The average Bonchev–Trinajstić information content (AvgIpc) is 2.88. The van der Waals surface area contributed by atoms with Crippen LogP contribution >= 0.6 is 0 Å². The Bertz CT molecular complexity index is 1040. The van der Waals surface area contributed by atoms with Gasteiger partial charge in [0.2, 0.25) is 10.0 Å². The number of ether oxygens (including phenoxy) is 1.